The van der Waals surface area contributed by atoms with Crippen molar-refractivity contribution in [2.45, 2.75) is 13.5 Å². The predicted molar refractivity (Wildman–Crippen MR) is 48.7 cm³/mol. The second-order valence-corrected chi connectivity index (χ2v) is 2.50. The number of nitrogens with two attached hydrogens (primary N) is 1. The van der Waals surface area contributed by atoms with Crippen LogP contribution in [0, 0.1) is 0 Å². The fourth-order valence-electron chi connectivity index (χ4n) is 0.914. The summed E-state index contributed by atoms with van der Waals surface area (Å²) in [5.41, 5.74) is 4.85. The van der Waals surface area contributed by atoms with Gasteiger partial charge in [0.25, 0.3) is 5.56 Å². The van der Waals surface area contributed by atoms with E-state index in [1.807, 2.05) is 0 Å². The van der Waals surface area contributed by atoms with E-state index in [1.54, 1.807) is 6.92 Å². The minimum atomic E-state index is -0.617. The number of aromatic nitrogens is 2. The molecule has 0 bridgehead atoms. The molecule has 1 rings (SSSR count). The van der Waals surface area contributed by atoms with Gasteiger partial charge >= 0.3 is 5.97 Å². The Morgan fingerprint density at radius 3 is 3.00 bits per heavy atom. The molecule has 0 radical (unpaired) electrons. The van der Waals surface area contributed by atoms with Crippen LogP contribution in [-0.2, 0) is 11.3 Å². The third-order valence-electron chi connectivity index (χ3n) is 1.47. The Bertz CT molecular complexity index is 386. The van der Waals surface area contributed by atoms with Gasteiger partial charge in [-0.25, -0.2) is 9.78 Å². The highest BCUT2D eigenvalue weighted by atomic mass is 16.5. The number of carbonyl (C=O) groups is 1. The summed E-state index contributed by atoms with van der Waals surface area (Å²) >= 11 is 0. The summed E-state index contributed by atoms with van der Waals surface area (Å²) < 4.78 is 4.69. The van der Waals surface area contributed by atoms with E-state index < -0.39 is 11.5 Å². The second kappa shape index (κ2) is 4.52. The molecule has 0 saturated heterocycles. The first-order valence-corrected chi connectivity index (χ1v) is 4.14. The molecule has 0 aliphatic carbocycles. The van der Waals surface area contributed by atoms with Gasteiger partial charge in [0.1, 0.15) is 5.82 Å². The molecule has 1 aromatic heterocycles. The van der Waals surface area contributed by atoms with E-state index in [1.165, 1.54) is 0 Å². The van der Waals surface area contributed by atoms with E-state index >= 15 is 0 Å². The summed E-state index contributed by atoms with van der Waals surface area (Å²) in [6.45, 7) is 1.99. The van der Waals surface area contributed by atoms with Crippen molar-refractivity contribution in [2.24, 2.45) is 5.73 Å². The molecule has 1 heterocycles. The Hall–Kier alpha value is -1.69. The van der Waals surface area contributed by atoms with Crippen LogP contribution in [0.5, 0.6) is 0 Å². The minimum absolute atomic E-state index is 0.0175. The van der Waals surface area contributed by atoms with E-state index in [2.05, 4.69) is 14.7 Å². The first kappa shape index (κ1) is 10.4. The second-order valence-electron chi connectivity index (χ2n) is 2.50. The number of rotatable bonds is 3. The average molecular weight is 197 g/mol. The van der Waals surface area contributed by atoms with Gasteiger partial charge in [0.05, 0.1) is 13.2 Å². The van der Waals surface area contributed by atoms with Crippen molar-refractivity contribution >= 4 is 5.97 Å². The van der Waals surface area contributed by atoms with Crippen LogP contribution in [0.3, 0.4) is 0 Å². The molecule has 0 aromatic carbocycles. The molecule has 76 valence electrons. The van der Waals surface area contributed by atoms with Crippen LogP contribution in [0.15, 0.2) is 10.9 Å². The molecule has 0 aliphatic rings. The Labute approximate surface area is 80.1 Å². The molecule has 0 aliphatic heterocycles. The van der Waals surface area contributed by atoms with Crippen LogP contribution in [0.2, 0.25) is 0 Å². The van der Waals surface area contributed by atoms with Gasteiger partial charge in [0.2, 0.25) is 0 Å². The number of hydrogen-bond donors (Lipinski definition) is 2. The highest BCUT2D eigenvalue weighted by Crippen LogP contribution is 1.94. The lowest BCUT2D eigenvalue weighted by Crippen LogP contribution is -2.19. The van der Waals surface area contributed by atoms with Gasteiger partial charge < -0.3 is 15.5 Å². The summed E-state index contributed by atoms with van der Waals surface area (Å²) in [7, 11) is 0. The number of aromatic amines is 1. The number of H-pyrrole nitrogens is 1. The van der Waals surface area contributed by atoms with Crippen LogP contribution in [0.4, 0.5) is 0 Å². The molecule has 0 fully saturated rings. The number of esters is 1. The first-order chi connectivity index (χ1) is 6.67. The molecule has 0 unspecified atom stereocenters. The molecule has 1 aromatic rings. The zero-order valence-electron chi connectivity index (χ0n) is 7.74. The molecule has 0 atom stereocenters. The summed E-state index contributed by atoms with van der Waals surface area (Å²) in [6.07, 6.45) is 0. The van der Waals surface area contributed by atoms with Crippen molar-refractivity contribution in [2.75, 3.05) is 6.61 Å². The average Bonchev–Trinajstić information content (AvgIpc) is 2.17. The fraction of sp³-hybridized carbons (Fsp3) is 0.375. The minimum Gasteiger partial charge on any atom is -0.461 e. The topological polar surface area (TPSA) is 98.1 Å². The van der Waals surface area contributed by atoms with Gasteiger partial charge in [0.15, 0.2) is 5.69 Å². The van der Waals surface area contributed by atoms with Crippen molar-refractivity contribution in [1.29, 1.82) is 0 Å². The maximum absolute atomic E-state index is 11.2. The molecule has 0 saturated carbocycles. The number of carbonyl (C=O) groups excluding carboxylic acids is 1. The van der Waals surface area contributed by atoms with Crippen molar-refractivity contribution in [3.63, 3.8) is 0 Å². The van der Waals surface area contributed by atoms with E-state index in [0.29, 0.717) is 0 Å². The lowest BCUT2D eigenvalue weighted by atomic mass is 10.4. The third-order valence-corrected chi connectivity index (χ3v) is 1.47. The lowest BCUT2D eigenvalue weighted by molar-refractivity contribution is 0.0518. The van der Waals surface area contributed by atoms with Crippen molar-refractivity contribution in [1.82, 2.24) is 9.97 Å². The van der Waals surface area contributed by atoms with Gasteiger partial charge in [0, 0.05) is 6.07 Å². The SMILES string of the molecule is CCOC(=O)c1cc(=O)[nH]c(CN)n1. The molecule has 3 N–H and O–H groups in total. The number of nitrogens with one attached hydrogen (secondary N) is 1. The highest BCUT2D eigenvalue weighted by Gasteiger charge is 2.09. The van der Waals surface area contributed by atoms with E-state index in [0.717, 1.165) is 6.07 Å². The van der Waals surface area contributed by atoms with Crippen LogP contribution in [0.25, 0.3) is 0 Å². The van der Waals surface area contributed by atoms with Crippen LogP contribution >= 0.6 is 0 Å². The molecule has 14 heavy (non-hydrogen) atoms. The maximum Gasteiger partial charge on any atom is 0.357 e. The summed E-state index contributed by atoms with van der Waals surface area (Å²) in [5.74, 6) is -0.353. The molecular formula is C8H11N3O3. The normalized spacial score (nSPS) is 9.86. The zero-order chi connectivity index (χ0) is 10.6. The van der Waals surface area contributed by atoms with Crippen molar-refractivity contribution in [3.8, 4) is 0 Å². The van der Waals surface area contributed by atoms with Gasteiger partial charge in [-0.3, -0.25) is 4.79 Å². The smallest absolute Gasteiger partial charge is 0.357 e. The summed E-state index contributed by atoms with van der Waals surface area (Å²) in [5, 5.41) is 0. The monoisotopic (exact) mass is 197 g/mol. The summed E-state index contributed by atoms with van der Waals surface area (Å²) in [4.78, 5) is 28.4. The van der Waals surface area contributed by atoms with Gasteiger partial charge in [-0.05, 0) is 6.92 Å². The summed E-state index contributed by atoms with van der Waals surface area (Å²) in [6, 6.07) is 1.08. The van der Waals surface area contributed by atoms with Gasteiger partial charge in [-0.15, -0.1) is 0 Å². The number of hydrogen-bond acceptors (Lipinski definition) is 5. The first-order valence-electron chi connectivity index (χ1n) is 4.14. The Morgan fingerprint density at radius 1 is 1.71 bits per heavy atom. The van der Waals surface area contributed by atoms with Crippen LogP contribution in [0.1, 0.15) is 23.2 Å². The molecule has 6 heteroatoms. The van der Waals surface area contributed by atoms with Crippen molar-refractivity contribution < 1.29 is 9.53 Å². The van der Waals surface area contributed by atoms with E-state index in [4.69, 9.17) is 5.73 Å². The lowest BCUT2D eigenvalue weighted by Gasteiger charge is -2.01. The van der Waals surface area contributed by atoms with Gasteiger partial charge in [-0.2, -0.15) is 0 Å². The van der Waals surface area contributed by atoms with E-state index in [-0.39, 0.29) is 24.7 Å². The van der Waals surface area contributed by atoms with Crippen LogP contribution in [-0.4, -0.2) is 22.5 Å². The standard InChI is InChI=1S/C8H11N3O3/c1-2-14-8(13)5-3-7(12)11-6(4-9)10-5/h3H,2,4,9H2,1H3,(H,10,11,12). The van der Waals surface area contributed by atoms with Crippen molar-refractivity contribution in [3.05, 3.63) is 27.9 Å². The fourth-order valence-corrected chi connectivity index (χ4v) is 0.914. The van der Waals surface area contributed by atoms with Gasteiger partial charge in [-0.1, -0.05) is 0 Å². The third kappa shape index (κ3) is 2.40. The predicted octanol–water partition coefficient (Wildman–Crippen LogP) is -0.595. The molecular weight excluding hydrogens is 186 g/mol. The largest absolute Gasteiger partial charge is 0.461 e. The van der Waals surface area contributed by atoms with Crippen LogP contribution < -0.4 is 11.3 Å². The van der Waals surface area contributed by atoms with E-state index in [9.17, 15) is 9.59 Å². The molecule has 0 spiro atoms. The Kier molecular flexibility index (Phi) is 3.35. The zero-order valence-corrected chi connectivity index (χ0v) is 7.74. The number of ether oxygens (including phenoxy) is 1. The Balaban J connectivity index is 3.03. The molecule has 6 nitrogen and oxygen atoms in total. The number of nitrogens with zero attached hydrogens (tertiary/aromatic N) is 1. The Morgan fingerprint density at radius 2 is 2.43 bits per heavy atom. The molecule has 0 amide bonds. The maximum atomic E-state index is 11.2. The highest BCUT2D eigenvalue weighted by molar-refractivity contribution is 5.86. The quantitative estimate of drug-likeness (QED) is 0.631.